The fourth-order valence-electron chi connectivity index (χ4n) is 5.18. The molecule has 8 N–H and O–H groups in total. The predicted molar refractivity (Wildman–Crippen MR) is 151 cm³/mol. The van der Waals surface area contributed by atoms with Gasteiger partial charge in [0.05, 0.1) is 20.3 Å². The third kappa shape index (κ3) is 6.02. The summed E-state index contributed by atoms with van der Waals surface area (Å²) in [6.45, 7) is 1.37. The Balaban J connectivity index is 1.52. The molecule has 250 valence electrons. The van der Waals surface area contributed by atoms with Crippen molar-refractivity contribution in [2.24, 2.45) is 0 Å². The summed E-state index contributed by atoms with van der Waals surface area (Å²) >= 11 is 0. The van der Waals surface area contributed by atoms with Crippen LogP contribution in [-0.4, -0.2) is 122 Å². The minimum absolute atomic E-state index is 0.00901. The van der Waals surface area contributed by atoms with E-state index in [1.165, 1.54) is 33.3 Å². The van der Waals surface area contributed by atoms with E-state index in [0.717, 1.165) is 18.2 Å². The van der Waals surface area contributed by atoms with Gasteiger partial charge in [0, 0.05) is 23.8 Å². The molecular weight excluding hydrogens is 620 g/mol. The fourth-order valence-corrected chi connectivity index (χ4v) is 5.18. The lowest BCUT2D eigenvalue weighted by atomic mass is 9.97. The largest absolute Gasteiger partial charge is 0.507 e. The lowest BCUT2D eigenvalue weighted by Gasteiger charge is -2.45. The highest BCUT2D eigenvalue weighted by Gasteiger charge is 2.52. The molecule has 10 atom stereocenters. The summed E-state index contributed by atoms with van der Waals surface area (Å²) in [6, 6.07) is 5.96. The molecule has 3 aromatic rings. The van der Waals surface area contributed by atoms with Crippen LogP contribution in [0.1, 0.15) is 6.92 Å². The van der Waals surface area contributed by atoms with Gasteiger partial charge in [0.2, 0.25) is 12.0 Å². The highest BCUT2D eigenvalue weighted by Crippen LogP contribution is 2.41. The Bertz CT molecular complexity index is 1630. The van der Waals surface area contributed by atoms with Gasteiger partial charge in [0.25, 0.3) is 0 Å². The molecular formula is C29H32O17. The Labute approximate surface area is 258 Å². The second-order valence-corrected chi connectivity index (χ2v) is 10.7. The molecule has 0 bridgehead atoms. The number of hydrogen-bond acceptors (Lipinski definition) is 16. The highest BCUT2D eigenvalue weighted by molar-refractivity contribution is 5.86. The zero-order valence-corrected chi connectivity index (χ0v) is 24.4. The molecule has 0 spiro atoms. The van der Waals surface area contributed by atoms with Crippen LogP contribution in [0.3, 0.4) is 0 Å². The summed E-state index contributed by atoms with van der Waals surface area (Å²) in [5.41, 5.74) is -0.650. The van der Waals surface area contributed by atoms with E-state index < -0.39 is 78.6 Å². The number of carboxylic acid groups (broad SMARTS) is 1. The van der Waals surface area contributed by atoms with Gasteiger partial charge in [-0.25, -0.2) is 4.79 Å². The molecule has 0 unspecified atom stereocenters. The number of carbonyl (C=O) groups is 1. The van der Waals surface area contributed by atoms with Gasteiger partial charge in [-0.2, -0.15) is 0 Å². The molecule has 46 heavy (non-hydrogen) atoms. The van der Waals surface area contributed by atoms with Gasteiger partial charge in [-0.3, -0.25) is 4.79 Å². The number of ether oxygens (including phenoxy) is 6. The number of aliphatic hydroxyl groups excluding tert-OH is 5. The molecule has 17 nitrogen and oxygen atoms in total. The van der Waals surface area contributed by atoms with Gasteiger partial charge in [-0.05, 0) is 19.1 Å². The third-order valence-electron chi connectivity index (χ3n) is 7.69. The summed E-state index contributed by atoms with van der Waals surface area (Å²) in [7, 11) is 2.61. The van der Waals surface area contributed by atoms with E-state index in [4.69, 9.17) is 32.8 Å². The Kier molecular flexibility index (Phi) is 9.30. The van der Waals surface area contributed by atoms with E-state index in [1.54, 1.807) is 0 Å². The maximum atomic E-state index is 13.0. The fraction of sp³-hybridized carbons (Fsp3) is 0.448. The van der Waals surface area contributed by atoms with Gasteiger partial charge in [-0.15, -0.1) is 0 Å². The van der Waals surface area contributed by atoms with Crippen LogP contribution >= 0.6 is 0 Å². The van der Waals surface area contributed by atoms with Crippen LogP contribution in [0.5, 0.6) is 28.7 Å². The van der Waals surface area contributed by atoms with Crippen molar-refractivity contribution >= 4 is 16.9 Å². The predicted octanol–water partition coefficient (Wildman–Crippen LogP) is -0.989. The van der Waals surface area contributed by atoms with Gasteiger partial charge >= 0.3 is 5.97 Å². The molecule has 0 aliphatic carbocycles. The third-order valence-corrected chi connectivity index (χ3v) is 7.69. The molecule has 2 fully saturated rings. The number of aromatic hydroxyl groups is 2. The first kappa shape index (κ1) is 33.2. The molecule has 0 radical (unpaired) electrons. The standard InChI is InChI=1S/C29H32O17/c1-9-19(32)21(34)24(37)28(42-9)46-26-23(36)22(35)25(27(38)39)45-29(26)43-11-6-12(30)18-13(31)8-14(44-15(18)7-11)10-4-16(40-2)20(33)17(5-10)41-3/h4-9,19,21-26,28-30,32-37H,1-3H3,(H,38,39)/t9-,19-,21+,22+,23-,24+,25-,26+,28-,29-/m0/s1. The van der Waals surface area contributed by atoms with E-state index in [1.807, 2.05) is 0 Å². The van der Waals surface area contributed by atoms with E-state index >= 15 is 0 Å². The number of phenols is 2. The van der Waals surface area contributed by atoms with Crippen molar-refractivity contribution in [1.82, 2.24) is 0 Å². The quantitative estimate of drug-likeness (QED) is 0.145. The SMILES string of the molecule is COc1cc(-c2cc(=O)c3c(O)cc(O[C@H]4O[C@H](C(=O)O)[C@H](O)[C@H](O)[C@H]4O[C@@H]4O[C@@H](C)[C@H](O)[C@@H](O)[C@H]4O)cc3o2)cc(OC)c1O. The number of methoxy groups -OCH3 is 2. The first-order valence-corrected chi connectivity index (χ1v) is 13.8. The molecule has 3 heterocycles. The van der Waals surface area contributed by atoms with E-state index in [2.05, 4.69) is 0 Å². The number of benzene rings is 2. The minimum Gasteiger partial charge on any atom is -0.507 e. The Morgan fingerprint density at radius 3 is 2.07 bits per heavy atom. The van der Waals surface area contributed by atoms with Crippen LogP contribution in [0.15, 0.2) is 39.5 Å². The van der Waals surface area contributed by atoms with Crippen LogP contribution < -0.4 is 19.6 Å². The minimum atomic E-state index is -2.05. The maximum Gasteiger partial charge on any atom is 0.335 e. The Morgan fingerprint density at radius 2 is 1.46 bits per heavy atom. The van der Waals surface area contributed by atoms with Crippen molar-refractivity contribution in [2.75, 3.05) is 14.2 Å². The zero-order valence-electron chi connectivity index (χ0n) is 24.4. The van der Waals surface area contributed by atoms with E-state index in [0.29, 0.717) is 0 Å². The zero-order chi connectivity index (χ0) is 33.6. The average Bonchev–Trinajstić information content (AvgIpc) is 3.01. The van der Waals surface area contributed by atoms with Gasteiger partial charge in [0.1, 0.15) is 58.7 Å². The van der Waals surface area contributed by atoms with Crippen LogP contribution in [0.2, 0.25) is 0 Å². The molecule has 17 heteroatoms. The topological polar surface area (TPSA) is 264 Å². The smallest absolute Gasteiger partial charge is 0.335 e. The monoisotopic (exact) mass is 652 g/mol. The average molecular weight is 653 g/mol. The van der Waals surface area contributed by atoms with Gasteiger partial charge in [0.15, 0.2) is 35.4 Å². The first-order valence-electron chi connectivity index (χ1n) is 13.8. The molecule has 2 aliphatic heterocycles. The van der Waals surface area contributed by atoms with Gasteiger partial charge < -0.3 is 73.7 Å². The number of fused-ring (bicyclic) bond motifs is 1. The van der Waals surface area contributed by atoms with Crippen molar-refractivity contribution in [3.63, 3.8) is 0 Å². The summed E-state index contributed by atoms with van der Waals surface area (Å²) in [5.74, 6) is -2.89. The normalized spacial score (nSPS) is 31.4. The summed E-state index contributed by atoms with van der Waals surface area (Å²) in [5, 5.41) is 82.2. The first-order chi connectivity index (χ1) is 21.7. The van der Waals surface area contributed by atoms with Crippen molar-refractivity contribution in [1.29, 1.82) is 0 Å². The highest BCUT2D eigenvalue weighted by atomic mass is 16.8. The van der Waals surface area contributed by atoms with E-state index in [-0.39, 0.29) is 45.3 Å². The molecule has 0 saturated carbocycles. The van der Waals surface area contributed by atoms with Gasteiger partial charge in [-0.1, -0.05) is 0 Å². The van der Waals surface area contributed by atoms with Crippen molar-refractivity contribution in [3.8, 4) is 40.1 Å². The van der Waals surface area contributed by atoms with Crippen LogP contribution in [0, 0.1) is 0 Å². The molecule has 2 aliphatic rings. The number of rotatable bonds is 8. The number of aliphatic hydroxyl groups is 5. The number of phenolic OH excluding ortho intramolecular Hbond substituents is 2. The Morgan fingerprint density at radius 1 is 0.804 bits per heavy atom. The second-order valence-electron chi connectivity index (χ2n) is 10.7. The number of hydrogen-bond donors (Lipinski definition) is 8. The molecule has 2 aromatic carbocycles. The van der Waals surface area contributed by atoms with Crippen LogP contribution in [0.25, 0.3) is 22.3 Å². The lowest BCUT2D eigenvalue weighted by molar-refractivity contribution is -0.351. The Hall–Kier alpha value is -4.20. The molecule has 2 saturated heterocycles. The molecule has 5 rings (SSSR count). The van der Waals surface area contributed by atoms with Crippen LogP contribution in [-0.2, 0) is 19.0 Å². The molecule has 1 aromatic heterocycles. The van der Waals surface area contributed by atoms with Crippen molar-refractivity contribution in [3.05, 3.63) is 40.6 Å². The molecule has 0 amide bonds. The van der Waals surface area contributed by atoms with Crippen LogP contribution in [0.4, 0.5) is 0 Å². The summed E-state index contributed by atoms with van der Waals surface area (Å²) in [4.78, 5) is 24.8. The summed E-state index contributed by atoms with van der Waals surface area (Å²) in [6.07, 6.45) is -17.6. The lowest BCUT2D eigenvalue weighted by Crippen LogP contribution is -2.65. The second kappa shape index (κ2) is 12.9. The number of carboxylic acids is 1. The number of aliphatic carboxylic acids is 1. The van der Waals surface area contributed by atoms with Crippen molar-refractivity contribution < 1.29 is 78.5 Å². The summed E-state index contributed by atoms with van der Waals surface area (Å²) < 4.78 is 38.4. The maximum absolute atomic E-state index is 13.0. The van der Waals surface area contributed by atoms with Crippen molar-refractivity contribution in [2.45, 2.75) is 68.3 Å². The van der Waals surface area contributed by atoms with E-state index in [9.17, 15) is 50.4 Å².